The Kier molecular flexibility index (Phi) is 3.43. The molecule has 0 radical (unpaired) electrons. The van der Waals surface area contributed by atoms with Gasteiger partial charge < -0.3 is 14.2 Å². The minimum atomic E-state index is -0.781. The van der Waals surface area contributed by atoms with E-state index in [2.05, 4.69) is 9.97 Å². The topological polar surface area (TPSA) is 70.5 Å². The number of ether oxygens (including phenoxy) is 3. The minimum absolute atomic E-state index is 0.281. The lowest BCUT2D eigenvalue weighted by Gasteiger charge is -2.40. The highest BCUT2D eigenvalue weighted by molar-refractivity contribution is 5.82. The van der Waals surface area contributed by atoms with Crippen LogP contribution in [0.1, 0.15) is 31.5 Å². The molecule has 0 N–H and O–H groups in total. The van der Waals surface area contributed by atoms with Gasteiger partial charge in [0.15, 0.2) is 5.79 Å². The number of methoxy groups -OCH3 is 1. The molecule has 0 unspecified atom stereocenters. The minimum Gasteiger partial charge on any atom is -0.468 e. The van der Waals surface area contributed by atoms with Gasteiger partial charge in [-0.2, -0.15) is 0 Å². The van der Waals surface area contributed by atoms with E-state index in [1.807, 2.05) is 0 Å². The zero-order chi connectivity index (χ0) is 14.1. The van der Waals surface area contributed by atoms with Crippen LogP contribution in [0.3, 0.4) is 0 Å². The molecule has 0 bridgehead atoms. The molecule has 0 aromatic carbocycles. The smallest absolute Gasteiger partial charge is 0.319 e. The first-order valence-electron chi connectivity index (χ1n) is 6.85. The van der Waals surface area contributed by atoms with Crippen molar-refractivity contribution in [1.29, 1.82) is 0 Å². The Labute approximate surface area is 117 Å². The van der Waals surface area contributed by atoms with E-state index in [1.165, 1.54) is 7.11 Å². The molecular formula is C14H18N2O4. The summed E-state index contributed by atoms with van der Waals surface area (Å²) in [7, 11) is 1.40. The number of carbonyl (C=O) groups is 1. The fourth-order valence-corrected chi connectivity index (χ4v) is 3.10. The third-order valence-electron chi connectivity index (χ3n) is 4.25. The molecule has 2 heterocycles. The summed E-state index contributed by atoms with van der Waals surface area (Å²) in [4.78, 5) is 20.8. The number of aromatic nitrogens is 2. The summed E-state index contributed by atoms with van der Waals surface area (Å²) in [5.41, 5.74) is -0.781. The van der Waals surface area contributed by atoms with E-state index in [9.17, 15) is 4.79 Å². The lowest BCUT2D eigenvalue weighted by molar-refractivity contribution is -0.191. The number of nitrogens with zero attached hydrogens (tertiary/aromatic N) is 2. The van der Waals surface area contributed by atoms with Gasteiger partial charge in [0.1, 0.15) is 11.2 Å². The maximum absolute atomic E-state index is 12.3. The summed E-state index contributed by atoms with van der Waals surface area (Å²) in [5, 5.41) is 0. The largest absolute Gasteiger partial charge is 0.468 e. The number of rotatable bonds is 2. The standard InChI is InChI=1S/C14H18N2O4/c1-18-12(17)13(11-15-7-2-8-16-11)3-5-14(6-4-13)19-9-10-20-14/h2,7-8H,3-6,9-10H2,1H3. The monoisotopic (exact) mass is 278 g/mol. The van der Waals surface area contributed by atoms with Gasteiger partial charge in [0.2, 0.25) is 0 Å². The fraction of sp³-hybridized carbons (Fsp3) is 0.643. The van der Waals surface area contributed by atoms with Crippen LogP contribution in [0.15, 0.2) is 18.5 Å². The molecule has 6 nitrogen and oxygen atoms in total. The SMILES string of the molecule is COC(=O)C1(c2ncccn2)CCC2(CC1)OCCO2. The quantitative estimate of drug-likeness (QED) is 0.757. The first-order valence-corrected chi connectivity index (χ1v) is 6.85. The Morgan fingerprint density at radius 2 is 1.75 bits per heavy atom. The Morgan fingerprint density at radius 1 is 1.15 bits per heavy atom. The van der Waals surface area contributed by atoms with Crippen molar-refractivity contribution < 1.29 is 19.0 Å². The van der Waals surface area contributed by atoms with Crippen LogP contribution in [-0.2, 0) is 24.4 Å². The van der Waals surface area contributed by atoms with Crippen molar-refractivity contribution in [3.63, 3.8) is 0 Å². The number of carbonyl (C=O) groups excluding carboxylic acids is 1. The molecule has 1 aliphatic carbocycles. The van der Waals surface area contributed by atoms with Crippen molar-refractivity contribution in [3.05, 3.63) is 24.3 Å². The van der Waals surface area contributed by atoms with Gasteiger partial charge in [-0.25, -0.2) is 9.97 Å². The second-order valence-electron chi connectivity index (χ2n) is 5.25. The third-order valence-corrected chi connectivity index (χ3v) is 4.25. The van der Waals surface area contributed by atoms with Crippen molar-refractivity contribution >= 4 is 5.97 Å². The molecule has 1 aliphatic heterocycles. The van der Waals surface area contributed by atoms with Crippen LogP contribution in [0.5, 0.6) is 0 Å². The van der Waals surface area contributed by atoms with Crippen molar-refractivity contribution in [3.8, 4) is 0 Å². The number of hydrogen-bond acceptors (Lipinski definition) is 6. The average molecular weight is 278 g/mol. The van der Waals surface area contributed by atoms with E-state index < -0.39 is 11.2 Å². The van der Waals surface area contributed by atoms with E-state index in [0.717, 1.165) is 0 Å². The molecule has 0 atom stereocenters. The molecule has 108 valence electrons. The lowest BCUT2D eigenvalue weighted by atomic mass is 9.71. The van der Waals surface area contributed by atoms with Crippen molar-refractivity contribution in [2.45, 2.75) is 36.9 Å². The third kappa shape index (κ3) is 2.09. The van der Waals surface area contributed by atoms with Gasteiger partial charge in [-0.05, 0) is 18.9 Å². The molecule has 2 fully saturated rings. The van der Waals surface area contributed by atoms with Crippen LogP contribution in [0.25, 0.3) is 0 Å². The van der Waals surface area contributed by atoms with Crippen LogP contribution in [0.2, 0.25) is 0 Å². The van der Waals surface area contributed by atoms with Crippen LogP contribution in [-0.4, -0.2) is 42.0 Å². The van der Waals surface area contributed by atoms with Gasteiger partial charge in [0.25, 0.3) is 0 Å². The van der Waals surface area contributed by atoms with Gasteiger partial charge in [0.05, 0.1) is 20.3 Å². The molecule has 1 spiro atoms. The predicted octanol–water partition coefficient (Wildman–Crippen LogP) is 1.20. The maximum Gasteiger partial charge on any atom is 0.319 e. The van der Waals surface area contributed by atoms with Crippen molar-refractivity contribution in [1.82, 2.24) is 9.97 Å². The molecular weight excluding hydrogens is 260 g/mol. The summed E-state index contributed by atoms with van der Waals surface area (Å²) in [6.07, 6.45) is 5.76. The highest BCUT2D eigenvalue weighted by Gasteiger charge is 2.52. The van der Waals surface area contributed by atoms with Gasteiger partial charge in [-0.3, -0.25) is 4.79 Å². The molecule has 1 saturated carbocycles. The van der Waals surface area contributed by atoms with Gasteiger partial charge in [-0.15, -0.1) is 0 Å². The normalized spacial score (nSPS) is 23.6. The highest BCUT2D eigenvalue weighted by Crippen LogP contribution is 2.45. The zero-order valence-corrected chi connectivity index (χ0v) is 11.5. The Balaban J connectivity index is 1.88. The lowest BCUT2D eigenvalue weighted by Crippen LogP contribution is -2.47. The Bertz CT molecular complexity index is 475. The summed E-state index contributed by atoms with van der Waals surface area (Å²) < 4.78 is 16.4. The van der Waals surface area contributed by atoms with Gasteiger partial charge >= 0.3 is 5.97 Å². The second-order valence-corrected chi connectivity index (χ2v) is 5.25. The zero-order valence-electron chi connectivity index (χ0n) is 11.5. The summed E-state index contributed by atoms with van der Waals surface area (Å²) in [6.45, 7) is 1.24. The van der Waals surface area contributed by atoms with E-state index in [-0.39, 0.29) is 5.97 Å². The van der Waals surface area contributed by atoms with E-state index in [0.29, 0.717) is 44.7 Å². The highest BCUT2D eigenvalue weighted by atomic mass is 16.7. The van der Waals surface area contributed by atoms with Crippen LogP contribution >= 0.6 is 0 Å². The van der Waals surface area contributed by atoms with Crippen LogP contribution in [0.4, 0.5) is 0 Å². The molecule has 1 aromatic rings. The number of esters is 1. The Morgan fingerprint density at radius 3 is 2.30 bits per heavy atom. The molecule has 1 aromatic heterocycles. The van der Waals surface area contributed by atoms with Gasteiger partial charge in [0, 0.05) is 25.2 Å². The first-order chi connectivity index (χ1) is 9.71. The van der Waals surface area contributed by atoms with E-state index in [4.69, 9.17) is 14.2 Å². The summed E-state index contributed by atoms with van der Waals surface area (Å²) in [6, 6.07) is 1.74. The van der Waals surface area contributed by atoms with E-state index in [1.54, 1.807) is 18.5 Å². The molecule has 1 saturated heterocycles. The van der Waals surface area contributed by atoms with Crippen molar-refractivity contribution in [2.24, 2.45) is 0 Å². The van der Waals surface area contributed by atoms with Crippen LogP contribution < -0.4 is 0 Å². The molecule has 3 rings (SSSR count). The molecule has 6 heteroatoms. The second kappa shape index (κ2) is 5.10. The molecule has 2 aliphatic rings. The predicted molar refractivity (Wildman–Crippen MR) is 68.8 cm³/mol. The average Bonchev–Trinajstić information content (AvgIpc) is 2.97. The first kappa shape index (κ1) is 13.5. The van der Waals surface area contributed by atoms with Crippen LogP contribution in [0, 0.1) is 0 Å². The summed E-state index contributed by atoms with van der Waals surface area (Å²) in [5.74, 6) is -0.275. The fourth-order valence-electron chi connectivity index (χ4n) is 3.10. The molecule has 0 amide bonds. The summed E-state index contributed by atoms with van der Waals surface area (Å²) >= 11 is 0. The van der Waals surface area contributed by atoms with Crippen molar-refractivity contribution in [2.75, 3.05) is 20.3 Å². The number of hydrogen-bond donors (Lipinski definition) is 0. The maximum atomic E-state index is 12.3. The van der Waals surface area contributed by atoms with Gasteiger partial charge in [-0.1, -0.05) is 0 Å². The Hall–Kier alpha value is -1.53. The van der Waals surface area contributed by atoms with E-state index >= 15 is 0 Å². The molecule has 20 heavy (non-hydrogen) atoms.